The number of amides is 3. The summed E-state index contributed by atoms with van der Waals surface area (Å²) in [6.07, 6.45) is 2.16. The zero-order valence-corrected chi connectivity index (χ0v) is 12.6. The van der Waals surface area contributed by atoms with E-state index in [9.17, 15) is 9.59 Å². The maximum atomic E-state index is 11.6. The number of hydrogen-bond donors (Lipinski definition) is 2. The van der Waals surface area contributed by atoms with E-state index in [1.807, 2.05) is 0 Å². The molecule has 1 atom stereocenters. The Kier molecular flexibility index (Phi) is 5.93. The van der Waals surface area contributed by atoms with Gasteiger partial charge in [-0.3, -0.25) is 10.1 Å². The van der Waals surface area contributed by atoms with Gasteiger partial charge in [0.1, 0.15) is 0 Å². The van der Waals surface area contributed by atoms with Crippen molar-refractivity contribution in [3.8, 4) is 0 Å². The molecule has 0 aromatic carbocycles. The summed E-state index contributed by atoms with van der Waals surface area (Å²) in [5.74, 6) is -0.319. The summed E-state index contributed by atoms with van der Waals surface area (Å²) in [5, 5.41) is 16.6. The van der Waals surface area contributed by atoms with Gasteiger partial charge in [-0.1, -0.05) is 11.8 Å². The van der Waals surface area contributed by atoms with E-state index in [2.05, 4.69) is 26.2 Å². The van der Waals surface area contributed by atoms with Crippen molar-refractivity contribution in [3.05, 3.63) is 0 Å². The molecule has 1 aliphatic heterocycles. The molecule has 1 aliphatic rings. The molecule has 116 valence electrons. The van der Waals surface area contributed by atoms with Gasteiger partial charge in [0.15, 0.2) is 0 Å². The van der Waals surface area contributed by atoms with Crippen molar-refractivity contribution >= 4 is 23.7 Å². The Morgan fingerprint density at radius 3 is 3.10 bits per heavy atom. The molecule has 3 amide bonds. The van der Waals surface area contributed by atoms with Gasteiger partial charge in [0, 0.05) is 13.2 Å². The van der Waals surface area contributed by atoms with Crippen LogP contribution in [0.25, 0.3) is 0 Å². The Hall–Kier alpha value is -1.68. The van der Waals surface area contributed by atoms with Gasteiger partial charge < -0.3 is 10.1 Å². The fourth-order valence-corrected chi connectivity index (χ4v) is 2.58. The van der Waals surface area contributed by atoms with Gasteiger partial charge in [-0.25, -0.2) is 9.48 Å². The molecule has 1 aromatic heterocycles. The van der Waals surface area contributed by atoms with Crippen molar-refractivity contribution in [1.82, 2.24) is 30.8 Å². The molecule has 0 saturated carbocycles. The number of nitrogens with zero attached hydrogens (tertiary/aromatic N) is 4. The average molecular weight is 314 g/mol. The number of nitrogens with one attached hydrogen (secondary N) is 2. The minimum atomic E-state index is -0.498. The van der Waals surface area contributed by atoms with Crippen molar-refractivity contribution in [1.29, 1.82) is 0 Å². The summed E-state index contributed by atoms with van der Waals surface area (Å²) in [7, 11) is 0. The molecule has 0 radical (unpaired) electrons. The van der Waals surface area contributed by atoms with Crippen molar-refractivity contribution < 1.29 is 14.3 Å². The predicted octanol–water partition coefficient (Wildman–Crippen LogP) is -0.210. The van der Waals surface area contributed by atoms with E-state index in [0.29, 0.717) is 18.2 Å². The van der Waals surface area contributed by atoms with Crippen LogP contribution in [-0.4, -0.2) is 57.2 Å². The molecule has 2 N–H and O–H groups in total. The van der Waals surface area contributed by atoms with Gasteiger partial charge in [-0.15, -0.1) is 5.10 Å². The monoisotopic (exact) mass is 314 g/mol. The van der Waals surface area contributed by atoms with Gasteiger partial charge in [0.25, 0.3) is 0 Å². The molecule has 0 unspecified atom stereocenters. The molecule has 2 heterocycles. The van der Waals surface area contributed by atoms with Crippen molar-refractivity contribution in [2.24, 2.45) is 0 Å². The number of thioether (sulfide) groups is 1. The molecule has 0 spiro atoms. The van der Waals surface area contributed by atoms with E-state index in [1.54, 1.807) is 11.6 Å². The Balaban J connectivity index is 1.79. The molecule has 9 nitrogen and oxygen atoms in total. The van der Waals surface area contributed by atoms with Crippen molar-refractivity contribution in [2.75, 3.05) is 18.9 Å². The number of hydrogen-bond acceptors (Lipinski definition) is 7. The Morgan fingerprint density at radius 1 is 1.52 bits per heavy atom. The zero-order valence-electron chi connectivity index (χ0n) is 11.7. The molecule has 1 saturated heterocycles. The minimum absolute atomic E-state index is 0.0725. The van der Waals surface area contributed by atoms with Crippen LogP contribution in [0, 0.1) is 0 Å². The summed E-state index contributed by atoms with van der Waals surface area (Å²) in [6.45, 7) is 3.58. The largest absolute Gasteiger partial charge is 0.376 e. The Bertz CT molecular complexity index is 488. The van der Waals surface area contributed by atoms with E-state index in [0.717, 1.165) is 19.4 Å². The lowest BCUT2D eigenvalue weighted by atomic mass is 10.2. The fourth-order valence-electron chi connectivity index (χ4n) is 1.89. The lowest BCUT2D eigenvalue weighted by Gasteiger charge is -2.09. The van der Waals surface area contributed by atoms with Crippen LogP contribution in [0.5, 0.6) is 0 Å². The van der Waals surface area contributed by atoms with Crippen LogP contribution in [0.15, 0.2) is 5.16 Å². The molecular formula is C11H18N6O3S. The summed E-state index contributed by atoms with van der Waals surface area (Å²) in [4.78, 5) is 22.8. The molecule has 10 heteroatoms. The molecule has 21 heavy (non-hydrogen) atoms. The lowest BCUT2D eigenvalue weighted by Crippen LogP contribution is -2.40. The van der Waals surface area contributed by atoms with E-state index in [4.69, 9.17) is 4.74 Å². The normalized spacial score (nSPS) is 17.7. The number of ether oxygens (including phenoxy) is 1. The molecular weight excluding hydrogens is 296 g/mol. The van der Waals surface area contributed by atoms with Gasteiger partial charge in [0.2, 0.25) is 11.1 Å². The second-order valence-corrected chi connectivity index (χ2v) is 5.42. The number of rotatable bonds is 6. The highest BCUT2D eigenvalue weighted by atomic mass is 32.2. The second-order valence-electron chi connectivity index (χ2n) is 4.47. The average Bonchev–Trinajstić information content (AvgIpc) is 3.09. The molecule has 0 bridgehead atoms. The van der Waals surface area contributed by atoms with E-state index in [1.165, 1.54) is 11.8 Å². The maximum absolute atomic E-state index is 11.6. The van der Waals surface area contributed by atoms with Gasteiger partial charge in [0.05, 0.1) is 18.4 Å². The molecule has 0 aliphatic carbocycles. The minimum Gasteiger partial charge on any atom is -0.376 e. The number of imide groups is 1. The van der Waals surface area contributed by atoms with E-state index < -0.39 is 11.9 Å². The van der Waals surface area contributed by atoms with Crippen LogP contribution in [0.1, 0.15) is 19.8 Å². The van der Waals surface area contributed by atoms with Crippen LogP contribution in [0.4, 0.5) is 4.79 Å². The highest BCUT2D eigenvalue weighted by Crippen LogP contribution is 2.18. The van der Waals surface area contributed by atoms with Crippen LogP contribution in [0.2, 0.25) is 0 Å². The smallest absolute Gasteiger partial charge is 0.321 e. The molecule has 1 fully saturated rings. The second kappa shape index (κ2) is 7.93. The molecule has 2 rings (SSSR count). The number of tetrazole rings is 1. The van der Waals surface area contributed by atoms with Crippen molar-refractivity contribution in [3.63, 3.8) is 0 Å². The number of aromatic nitrogens is 4. The van der Waals surface area contributed by atoms with E-state index >= 15 is 0 Å². The van der Waals surface area contributed by atoms with E-state index in [-0.39, 0.29) is 11.9 Å². The highest BCUT2D eigenvalue weighted by molar-refractivity contribution is 7.99. The Labute approximate surface area is 126 Å². The maximum Gasteiger partial charge on any atom is 0.321 e. The zero-order chi connectivity index (χ0) is 15.1. The van der Waals surface area contributed by atoms with Crippen LogP contribution >= 0.6 is 11.8 Å². The highest BCUT2D eigenvalue weighted by Gasteiger charge is 2.19. The first-order valence-electron chi connectivity index (χ1n) is 6.77. The van der Waals surface area contributed by atoms with Crippen molar-refractivity contribution in [2.45, 2.75) is 37.6 Å². The SMILES string of the molecule is CCNC(=O)NC(=O)CSc1nnnn1C[C@@H]1CCCO1. The lowest BCUT2D eigenvalue weighted by molar-refractivity contribution is -0.117. The van der Waals surface area contributed by atoms with Gasteiger partial charge >= 0.3 is 6.03 Å². The summed E-state index contributed by atoms with van der Waals surface area (Å²) < 4.78 is 7.15. The quantitative estimate of drug-likeness (QED) is 0.699. The first kappa shape index (κ1) is 15.7. The standard InChI is InChI=1S/C11H18N6O3S/c1-2-12-10(19)13-9(18)7-21-11-14-15-16-17(11)6-8-4-3-5-20-8/h8H,2-7H2,1H3,(H2,12,13,18,19)/t8-/m0/s1. The number of carbonyl (C=O) groups excluding carboxylic acids is 2. The summed E-state index contributed by atoms with van der Waals surface area (Å²) in [5.41, 5.74) is 0. The first-order valence-corrected chi connectivity index (χ1v) is 7.76. The van der Waals surface area contributed by atoms with Gasteiger partial charge in [-0.2, -0.15) is 0 Å². The summed E-state index contributed by atoms with van der Waals surface area (Å²) >= 11 is 1.18. The predicted molar refractivity (Wildman–Crippen MR) is 74.7 cm³/mol. The third-order valence-corrected chi connectivity index (χ3v) is 3.78. The Morgan fingerprint density at radius 2 is 2.38 bits per heavy atom. The third kappa shape index (κ3) is 4.97. The summed E-state index contributed by atoms with van der Waals surface area (Å²) in [6, 6.07) is -0.498. The van der Waals surface area contributed by atoms with Crippen LogP contribution < -0.4 is 10.6 Å². The first-order chi connectivity index (χ1) is 10.2. The fraction of sp³-hybridized carbons (Fsp3) is 0.727. The molecule has 1 aromatic rings. The van der Waals surface area contributed by atoms with Gasteiger partial charge in [-0.05, 0) is 30.2 Å². The topological polar surface area (TPSA) is 111 Å². The number of urea groups is 1. The van der Waals surface area contributed by atoms with Crippen LogP contribution in [-0.2, 0) is 16.1 Å². The van der Waals surface area contributed by atoms with Crippen LogP contribution in [0.3, 0.4) is 0 Å². The number of carbonyl (C=O) groups is 2. The third-order valence-electron chi connectivity index (χ3n) is 2.82.